The highest BCUT2D eigenvalue weighted by atomic mass is 32.2. The van der Waals surface area contributed by atoms with E-state index in [2.05, 4.69) is 15.3 Å². The number of fused-ring (bicyclic) bond motifs is 1. The van der Waals surface area contributed by atoms with Gasteiger partial charge in [0.05, 0.1) is 16.7 Å². The Balaban J connectivity index is 1.56. The van der Waals surface area contributed by atoms with Gasteiger partial charge in [0.1, 0.15) is 5.82 Å². The van der Waals surface area contributed by atoms with Crippen molar-refractivity contribution in [2.75, 3.05) is 12.3 Å². The second-order valence-electron chi connectivity index (χ2n) is 7.84. The van der Waals surface area contributed by atoms with E-state index in [0.29, 0.717) is 27.8 Å². The van der Waals surface area contributed by atoms with Crippen LogP contribution < -0.4 is 10.9 Å². The van der Waals surface area contributed by atoms with Crippen LogP contribution in [-0.4, -0.2) is 32.7 Å². The number of rotatable bonds is 6. The molecule has 1 aliphatic rings. The molecule has 1 N–H and O–H groups in total. The second kappa shape index (κ2) is 9.43. The Hall–Kier alpha value is -2.67. The Morgan fingerprint density at radius 3 is 2.73 bits per heavy atom. The first-order valence-electron chi connectivity index (χ1n) is 10.5. The van der Waals surface area contributed by atoms with Gasteiger partial charge in [-0.05, 0) is 49.4 Å². The molecular formula is C23H26N4O2S. The van der Waals surface area contributed by atoms with Crippen molar-refractivity contribution >= 4 is 28.6 Å². The van der Waals surface area contributed by atoms with Crippen molar-refractivity contribution in [1.29, 1.82) is 0 Å². The number of hydrogen-bond donors (Lipinski definition) is 1. The molecule has 30 heavy (non-hydrogen) atoms. The highest BCUT2D eigenvalue weighted by molar-refractivity contribution is 7.99. The SMILES string of the molecule is Cc1ccc(-n2c(SCC(=O)NCC3CCCCC3)nc3ccccc3c2=O)nc1. The first-order valence-corrected chi connectivity index (χ1v) is 11.4. The lowest BCUT2D eigenvalue weighted by Gasteiger charge is -2.21. The molecule has 1 saturated carbocycles. The number of carbonyl (C=O) groups excluding carboxylic acids is 1. The lowest BCUT2D eigenvalue weighted by atomic mass is 9.89. The zero-order valence-corrected chi connectivity index (χ0v) is 18.0. The van der Waals surface area contributed by atoms with Crippen LogP contribution >= 0.6 is 11.8 Å². The summed E-state index contributed by atoms with van der Waals surface area (Å²) in [5, 5.41) is 4.06. The lowest BCUT2D eigenvalue weighted by Crippen LogP contribution is -2.31. The van der Waals surface area contributed by atoms with Gasteiger partial charge in [-0.1, -0.05) is 49.2 Å². The molecule has 4 rings (SSSR count). The van der Waals surface area contributed by atoms with Crippen molar-refractivity contribution in [1.82, 2.24) is 19.9 Å². The first kappa shape index (κ1) is 20.6. The minimum atomic E-state index is -0.179. The van der Waals surface area contributed by atoms with Crippen LogP contribution in [0.3, 0.4) is 0 Å². The van der Waals surface area contributed by atoms with E-state index in [1.807, 2.05) is 31.2 Å². The van der Waals surface area contributed by atoms with E-state index in [0.717, 1.165) is 12.1 Å². The molecule has 0 radical (unpaired) electrons. The van der Waals surface area contributed by atoms with Crippen LogP contribution in [0.4, 0.5) is 0 Å². The molecule has 1 fully saturated rings. The van der Waals surface area contributed by atoms with Crippen LogP contribution in [0.1, 0.15) is 37.7 Å². The predicted octanol–water partition coefficient (Wildman–Crippen LogP) is 3.88. The maximum Gasteiger partial charge on any atom is 0.267 e. The molecule has 3 aromatic rings. The molecule has 1 amide bonds. The van der Waals surface area contributed by atoms with Crippen molar-refractivity contribution in [3.05, 3.63) is 58.5 Å². The van der Waals surface area contributed by atoms with E-state index in [-0.39, 0.29) is 17.2 Å². The van der Waals surface area contributed by atoms with Gasteiger partial charge in [0.15, 0.2) is 5.16 Å². The van der Waals surface area contributed by atoms with E-state index in [4.69, 9.17) is 0 Å². The fourth-order valence-corrected chi connectivity index (χ4v) is 4.66. The van der Waals surface area contributed by atoms with Crippen LogP contribution in [0.2, 0.25) is 0 Å². The van der Waals surface area contributed by atoms with Gasteiger partial charge in [0.2, 0.25) is 5.91 Å². The maximum atomic E-state index is 13.2. The summed E-state index contributed by atoms with van der Waals surface area (Å²) < 4.78 is 1.50. The molecule has 7 heteroatoms. The summed E-state index contributed by atoms with van der Waals surface area (Å²) in [6.07, 6.45) is 7.93. The maximum absolute atomic E-state index is 13.2. The zero-order valence-electron chi connectivity index (χ0n) is 17.1. The van der Waals surface area contributed by atoms with Gasteiger partial charge in [-0.25, -0.2) is 14.5 Å². The summed E-state index contributed by atoms with van der Waals surface area (Å²) in [5.74, 6) is 1.27. The topological polar surface area (TPSA) is 76.9 Å². The number of pyridine rings is 1. The molecule has 6 nitrogen and oxygen atoms in total. The van der Waals surface area contributed by atoms with Gasteiger partial charge in [-0.15, -0.1) is 0 Å². The van der Waals surface area contributed by atoms with Crippen molar-refractivity contribution in [3.63, 3.8) is 0 Å². The number of carbonyl (C=O) groups is 1. The molecule has 156 valence electrons. The van der Waals surface area contributed by atoms with Crippen molar-refractivity contribution < 1.29 is 4.79 Å². The van der Waals surface area contributed by atoms with Gasteiger partial charge in [0, 0.05) is 12.7 Å². The molecule has 0 aliphatic heterocycles. The van der Waals surface area contributed by atoms with Gasteiger partial charge >= 0.3 is 0 Å². The van der Waals surface area contributed by atoms with Crippen LogP contribution in [-0.2, 0) is 4.79 Å². The molecule has 0 saturated heterocycles. The molecule has 2 aromatic heterocycles. The third-order valence-corrected chi connectivity index (χ3v) is 6.45. The van der Waals surface area contributed by atoms with Gasteiger partial charge in [0.25, 0.3) is 5.56 Å². The summed E-state index contributed by atoms with van der Waals surface area (Å²) in [5.41, 5.74) is 1.45. The molecule has 0 spiro atoms. The highest BCUT2D eigenvalue weighted by Gasteiger charge is 2.17. The van der Waals surface area contributed by atoms with Crippen LogP contribution in [0.25, 0.3) is 16.7 Å². The first-order chi connectivity index (χ1) is 14.6. The standard InChI is InChI=1S/C23H26N4O2S/c1-16-11-12-20(24-13-16)27-22(29)18-9-5-6-10-19(18)26-23(27)30-15-21(28)25-14-17-7-3-2-4-8-17/h5-6,9-13,17H,2-4,7-8,14-15H2,1H3,(H,25,28). The predicted molar refractivity (Wildman–Crippen MR) is 120 cm³/mol. The molecule has 1 aromatic carbocycles. The molecule has 2 heterocycles. The monoisotopic (exact) mass is 422 g/mol. The lowest BCUT2D eigenvalue weighted by molar-refractivity contribution is -0.118. The summed E-state index contributed by atoms with van der Waals surface area (Å²) in [4.78, 5) is 34.7. The number of nitrogens with zero attached hydrogens (tertiary/aromatic N) is 3. The molecule has 0 bridgehead atoms. The fourth-order valence-electron chi connectivity index (χ4n) is 3.83. The number of nitrogens with one attached hydrogen (secondary N) is 1. The number of hydrogen-bond acceptors (Lipinski definition) is 5. The minimum Gasteiger partial charge on any atom is -0.355 e. The van der Waals surface area contributed by atoms with Crippen molar-refractivity contribution in [2.24, 2.45) is 5.92 Å². The van der Waals surface area contributed by atoms with Crippen molar-refractivity contribution in [3.8, 4) is 5.82 Å². The summed E-state index contributed by atoms with van der Waals surface area (Å²) in [6.45, 7) is 2.68. The average molecular weight is 423 g/mol. The van der Waals surface area contributed by atoms with Crippen LogP contribution in [0, 0.1) is 12.8 Å². The third-order valence-electron chi connectivity index (χ3n) is 5.51. The van der Waals surface area contributed by atoms with E-state index >= 15 is 0 Å². The van der Waals surface area contributed by atoms with Gasteiger partial charge < -0.3 is 5.32 Å². The minimum absolute atomic E-state index is 0.0311. The Morgan fingerprint density at radius 1 is 1.17 bits per heavy atom. The van der Waals surface area contributed by atoms with Gasteiger partial charge in [-0.3, -0.25) is 9.59 Å². The second-order valence-corrected chi connectivity index (χ2v) is 8.79. The largest absolute Gasteiger partial charge is 0.355 e. The number of aryl methyl sites for hydroxylation is 1. The number of para-hydroxylation sites is 1. The molecule has 1 aliphatic carbocycles. The number of thioether (sulfide) groups is 1. The number of amides is 1. The van der Waals surface area contributed by atoms with E-state index in [1.165, 1.54) is 48.4 Å². The number of benzene rings is 1. The summed E-state index contributed by atoms with van der Waals surface area (Å²) in [7, 11) is 0. The Labute approximate surface area is 180 Å². The normalized spacial score (nSPS) is 14.7. The highest BCUT2D eigenvalue weighted by Crippen LogP contribution is 2.23. The Kier molecular flexibility index (Phi) is 6.47. The Bertz CT molecular complexity index is 1090. The van der Waals surface area contributed by atoms with Crippen molar-refractivity contribution in [2.45, 2.75) is 44.2 Å². The van der Waals surface area contributed by atoms with E-state index < -0.39 is 0 Å². The quantitative estimate of drug-likeness (QED) is 0.482. The average Bonchev–Trinajstić information content (AvgIpc) is 2.78. The van der Waals surface area contributed by atoms with E-state index in [9.17, 15) is 9.59 Å². The summed E-state index contributed by atoms with van der Waals surface area (Å²) >= 11 is 1.27. The number of aromatic nitrogens is 3. The zero-order chi connectivity index (χ0) is 20.9. The van der Waals surface area contributed by atoms with E-state index in [1.54, 1.807) is 18.3 Å². The van der Waals surface area contributed by atoms with Gasteiger partial charge in [-0.2, -0.15) is 0 Å². The van der Waals surface area contributed by atoms with Crippen LogP contribution in [0.5, 0.6) is 0 Å². The molecule has 0 unspecified atom stereocenters. The molecular weight excluding hydrogens is 396 g/mol. The molecule has 0 atom stereocenters. The third kappa shape index (κ3) is 4.73. The van der Waals surface area contributed by atoms with Crippen LogP contribution in [0.15, 0.2) is 52.5 Å². The Morgan fingerprint density at radius 2 is 1.97 bits per heavy atom. The smallest absolute Gasteiger partial charge is 0.267 e. The fraction of sp³-hybridized carbons (Fsp3) is 0.391. The summed E-state index contributed by atoms with van der Waals surface area (Å²) in [6, 6.07) is 11.0.